The summed E-state index contributed by atoms with van der Waals surface area (Å²) in [5, 5.41) is 0. The molecule has 0 amide bonds. The maximum atomic E-state index is 13.0. The predicted molar refractivity (Wildman–Crippen MR) is 66.3 cm³/mol. The van der Waals surface area contributed by atoms with Crippen molar-refractivity contribution in [3.63, 3.8) is 0 Å². The van der Waals surface area contributed by atoms with E-state index in [1.54, 1.807) is 19.1 Å². The first kappa shape index (κ1) is 12.4. The zero-order valence-electron chi connectivity index (χ0n) is 9.86. The maximum absolute atomic E-state index is 13.0. The van der Waals surface area contributed by atoms with E-state index in [0.717, 1.165) is 23.8 Å². The topological polar surface area (TPSA) is 35.2 Å². The minimum atomic E-state index is -0.658. The van der Waals surface area contributed by atoms with Gasteiger partial charge in [-0.3, -0.25) is 0 Å². The molecule has 2 nitrogen and oxygen atoms in total. The van der Waals surface area contributed by atoms with Crippen molar-refractivity contribution in [1.82, 2.24) is 0 Å². The zero-order chi connectivity index (χ0) is 13.1. The lowest BCUT2D eigenvalue weighted by molar-refractivity contribution is 0.225. The summed E-state index contributed by atoms with van der Waals surface area (Å²) < 4.78 is 31.5. The highest BCUT2D eigenvalue weighted by atomic mass is 19.1. The van der Waals surface area contributed by atoms with Gasteiger partial charge < -0.3 is 10.5 Å². The molecule has 0 fully saturated rings. The van der Waals surface area contributed by atoms with Crippen LogP contribution in [0.2, 0.25) is 0 Å². The summed E-state index contributed by atoms with van der Waals surface area (Å²) in [6.45, 7) is 1.80. The van der Waals surface area contributed by atoms with Crippen LogP contribution in [-0.2, 0) is 0 Å². The van der Waals surface area contributed by atoms with Gasteiger partial charge in [-0.05, 0) is 24.6 Å². The molecule has 0 saturated heterocycles. The fourth-order valence-corrected chi connectivity index (χ4v) is 1.64. The normalized spacial score (nSPS) is 12.2. The third kappa shape index (κ3) is 2.97. The Hall–Kier alpha value is -2.10. The first-order valence-corrected chi connectivity index (χ1v) is 5.53. The molecule has 0 aliphatic heterocycles. The van der Waals surface area contributed by atoms with Crippen molar-refractivity contribution < 1.29 is 13.5 Å². The summed E-state index contributed by atoms with van der Waals surface area (Å²) >= 11 is 0. The average Bonchev–Trinajstić information content (AvgIpc) is 2.28. The van der Waals surface area contributed by atoms with E-state index >= 15 is 0 Å². The second-order valence-corrected chi connectivity index (χ2v) is 4.03. The molecule has 2 aromatic rings. The van der Waals surface area contributed by atoms with E-state index in [1.807, 2.05) is 12.1 Å². The van der Waals surface area contributed by atoms with Crippen LogP contribution in [0.5, 0.6) is 5.75 Å². The Morgan fingerprint density at radius 3 is 2.11 bits per heavy atom. The van der Waals surface area contributed by atoms with Crippen molar-refractivity contribution in [1.29, 1.82) is 0 Å². The number of benzene rings is 2. The highest BCUT2D eigenvalue weighted by Crippen LogP contribution is 2.23. The predicted octanol–water partition coefficient (Wildman–Crippen LogP) is 3.69. The van der Waals surface area contributed by atoms with Crippen LogP contribution in [0.1, 0.15) is 18.6 Å². The molecular formula is C14H13F2NO. The second-order valence-electron chi connectivity index (χ2n) is 4.03. The van der Waals surface area contributed by atoms with E-state index in [9.17, 15) is 8.78 Å². The largest absolute Gasteiger partial charge is 0.486 e. The Balaban J connectivity index is 2.15. The van der Waals surface area contributed by atoms with E-state index < -0.39 is 11.6 Å². The number of hydrogen-bond donors (Lipinski definition) is 1. The van der Waals surface area contributed by atoms with E-state index in [2.05, 4.69) is 0 Å². The molecule has 2 aromatic carbocycles. The van der Waals surface area contributed by atoms with E-state index in [1.165, 1.54) is 0 Å². The van der Waals surface area contributed by atoms with Crippen LogP contribution in [-0.4, -0.2) is 0 Å². The van der Waals surface area contributed by atoms with Crippen molar-refractivity contribution in [2.45, 2.75) is 13.0 Å². The monoisotopic (exact) mass is 249 g/mol. The number of hydrogen-bond acceptors (Lipinski definition) is 2. The molecule has 0 saturated carbocycles. The number of anilines is 1. The third-order valence-corrected chi connectivity index (χ3v) is 2.55. The quantitative estimate of drug-likeness (QED) is 0.842. The lowest BCUT2D eigenvalue weighted by atomic mass is 10.1. The minimum Gasteiger partial charge on any atom is -0.486 e. The van der Waals surface area contributed by atoms with Crippen LogP contribution in [0.15, 0.2) is 42.5 Å². The summed E-state index contributed by atoms with van der Waals surface area (Å²) in [5.74, 6) is -1.15. The molecule has 0 aliphatic carbocycles. The molecule has 0 aromatic heterocycles. The van der Waals surface area contributed by atoms with Gasteiger partial charge in [-0.1, -0.05) is 12.1 Å². The number of ether oxygens (including phenoxy) is 1. The number of halogens is 2. The molecule has 2 rings (SSSR count). The van der Waals surface area contributed by atoms with E-state index in [-0.39, 0.29) is 11.9 Å². The third-order valence-electron chi connectivity index (χ3n) is 2.55. The summed E-state index contributed by atoms with van der Waals surface area (Å²) in [7, 11) is 0. The Kier molecular flexibility index (Phi) is 3.46. The van der Waals surface area contributed by atoms with Crippen molar-refractivity contribution in [2.75, 3.05) is 5.73 Å². The van der Waals surface area contributed by atoms with Gasteiger partial charge in [-0.25, -0.2) is 8.78 Å². The van der Waals surface area contributed by atoms with Gasteiger partial charge in [-0.2, -0.15) is 0 Å². The molecule has 0 radical (unpaired) electrons. The molecule has 1 unspecified atom stereocenters. The molecule has 1 atom stereocenters. The zero-order valence-corrected chi connectivity index (χ0v) is 9.86. The van der Waals surface area contributed by atoms with Crippen LogP contribution in [0.4, 0.5) is 14.5 Å². The molecule has 18 heavy (non-hydrogen) atoms. The highest BCUT2D eigenvalue weighted by Gasteiger charge is 2.09. The Labute approximate surface area is 104 Å². The van der Waals surface area contributed by atoms with Crippen molar-refractivity contribution in [2.24, 2.45) is 0 Å². The number of rotatable bonds is 3. The van der Waals surface area contributed by atoms with Crippen molar-refractivity contribution in [3.05, 3.63) is 59.7 Å². The van der Waals surface area contributed by atoms with Crippen LogP contribution in [0.25, 0.3) is 0 Å². The van der Waals surface area contributed by atoms with Crippen LogP contribution < -0.4 is 10.5 Å². The Morgan fingerprint density at radius 1 is 1.00 bits per heavy atom. The summed E-state index contributed by atoms with van der Waals surface area (Å²) in [6, 6.07) is 10.2. The summed E-state index contributed by atoms with van der Waals surface area (Å²) in [5.41, 5.74) is 7.12. The minimum absolute atomic E-state index is 0.164. The van der Waals surface area contributed by atoms with Crippen LogP contribution in [0, 0.1) is 11.6 Å². The molecule has 0 heterocycles. The molecule has 0 bridgehead atoms. The lowest BCUT2D eigenvalue weighted by Gasteiger charge is -2.15. The molecule has 2 N–H and O–H groups in total. The standard InChI is InChI=1S/C14H13F2NO/c1-9(10-2-4-13(17)5-3-10)18-14-7-11(15)6-12(16)8-14/h2-9H,17H2,1H3. The molecule has 4 heteroatoms. The summed E-state index contributed by atoms with van der Waals surface area (Å²) in [4.78, 5) is 0. The van der Waals surface area contributed by atoms with Crippen LogP contribution in [0.3, 0.4) is 0 Å². The maximum Gasteiger partial charge on any atom is 0.129 e. The van der Waals surface area contributed by atoms with Gasteiger partial charge in [0.25, 0.3) is 0 Å². The van der Waals surface area contributed by atoms with Gasteiger partial charge in [-0.15, -0.1) is 0 Å². The lowest BCUT2D eigenvalue weighted by Crippen LogP contribution is -2.03. The van der Waals surface area contributed by atoms with E-state index in [4.69, 9.17) is 10.5 Å². The Bertz CT molecular complexity index is 520. The van der Waals surface area contributed by atoms with Gasteiger partial charge in [0.15, 0.2) is 0 Å². The van der Waals surface area contributed by atoms with Gasteiger partial charge >= 0.3 is 0 Å². The van der Waals surface area contributed by atoms with Crippen molar-refractivity contribution >= 4 is 5.69 Å². The average molecular weight is 249 g/mol. The van der Waals surface area contributed by atoms with Gasteiger partial charge in [0.05, 0.1) is 0 Å². The van der Waals surface area contributed by atoms with Gasteiger partial charge in [0.1, 0.15) is 23.5 Å². The first-order chi connectivity index (χ1) is 8.54. The van der Waals surface area contributed by atoms with E-state index in [0.29, 0.717) is 5.69 Å². The highest BCUT2D eigenvalue weighted by molar-refractivity contribution is 5.40. The fraction of sp³-hybridized carbons (Fsp3) is 0.143. The van der Waals surface area contributed by atoms with Crippen molar-refractivity contribution in [3.8, 4) is 5.75 Å². The van der Waals surface area contributed by atoms with Gasteiger partial charge in [0.2, 0.25) is 0 Å². The molecule has 94 valence electrons. The fourth-order valence-electron chi connectivity index (χ4n) is 1.64. The summed E-state index contributed by atoms with van der Waals surface area (Å²) in [6.07, 6.45) is -0.313. The number of nitrogens with two attached hydrogens (primary N) is 1. The van der Waals surface area contributed by atoms with Crippen LogP contribution >= 0.6 is 0 Å². The molecular weight excluding hydrogens is 236 g/mol. The first-order valence-electron chi connectivity index (χ1n) is 5.53. The smallest absolute Gasteiger partial charge is 0.129 e. The SMILES string of the molecule is CC(Oc1cc(F)cc(F)c1)c1ccc(N)cc1. The molecule has 0 spiro atoms. The number of nitrogen functional groups attached to an aromatic ring is 1. The second kappa shape index (κ2) is 5.04. The molecule has 0 aliphatic rings. The van der Waals surface area contributed by atoms with Gasteiger partial charge in [0, 0.05) is 23.9 Å². The Morgan fingerprint density at radius 2 is 1.56 bits per heavy atom.